The fourth-order valence-corrected chi connectivity index (χ4v) is 3.12. The molecule has 1 saturated carbocycles. The van der Waals surface area contributed by atoms with E-state index in [0.717, 1.165) is 10.1 Å². The van der Waals surface area contributed by atoms with E-state index in [1.807, 2.05) is 0 Å². The molecule has 1 heterocycles. The Balaban J connectivity index is 2.09. The molecule has 0 amide bonds. The number of aliphatic hydroxyl groups excluding tert-OH is 1. The molecule has 0 saturated heterocycles. The second-order valence-electron chi connectivity index (χ2n) is 4.25. The van der Waals surface area contributed by atoms with Gasteiger partial charge in [0.15, 0.2) is 5.13 Å². The molecule has 90 valence electrons. The lowest BCUT2D eigenvalue weighted by atomic mass is 9.94. The third kappa shape index (κ3) is 2.65. The summed E-state index contributed by atoms with van der Waals surface area (Å²) >= 11 is 1.51. The molecule has 5 heteroatoms. The second-order valence-corrected chi connectivity index (χ2v) is 5.29. The predicted molar refractivity (Wildman–Crippen MR) is 67.8 cm³/mol. The molecule has 1 aliphatic rings. The van der Waals surface area contributed by atoms with Gasteiger partial charge in [0.2, 0.25) is 0 Å². The number of aromatic nitrogens is 1. The standard InChI is InChI=1S/C11H19N3OS/c12-10-8-13-11(16-10)14(6-7-15)9-4-2-1-3-5-9/h8-9,15H,1-7,12H2. The molecule has 1 fully saturated rings. The highest BCUT2D eigenvalue weighted by atomic mass is 32.1. The van der Waals surface area contributed by atoms with Gasteiger partial charge in [0, 0.05) is 12.6 Å². The van der Waals surface area contributed by atoms with E-state index in [0.29, 0.717) is 12.6 Å². The number of anilines is 2. The van der Waals surface area contributed by atoms with Gasteiger partial charge in [0.25, 0.3) is 0 Å². The van der Waals surface area contributed by atoms with Crippen LogP contribution in [0.25, 0.3) is 0 Å². The fraction of sp³-hybridized carbons (Fsp3) is 0.727. The second kappa shape index (κ2) is 5.50. The molecule has 16 heavy (non-hydrogen) atoms. The maximum atomic E-state index is 9.14. The lowest BCUT2D eigenvalue weighted by Crippen LogP contribution is -2.38. The van der Waals surface area contributed by atoms with Crippen LogP contribution in [0.2, 0.25) is 0 Å². The molecule has 1 aliphatic carbocycles. The first-order chi connectivity index (χ1) is 7.81. The molecule has 0 spiro atoms. The Kier molecular flexibility index (Phi) is 4.01. The van der Waals surface area contributed by atoms with Crippen molar-refractivity contribution in [2.45, 2.75) is 38.1 Å². The van der Waals surface area contributed by atoms with Crippen molar-refractivity contribution in [2.75, 3.05) is 23.8 Å². The van der Waals surface area contributed by atoms with Crippen molar-refractivity contribution in [3.8, 4) is 0 Å². The van der Waals surface area contributed by atoms with Gasteiger partial charge >= 0.3 is 0 Å². The normalized spacial score (nSPS) is 17.6. The Labute approximate surface area is 100 Å². The van der Waals surface area contributed by atoms with Gasteiger partial charge in [-0.25, -0.2) is 4.98 Å². The zero-order valence-electron chi connectivity index (χ0n) is 9.43. The topological polar surface area (TPSA) is 62.4 Å². The maximum absolute atomic E-state index is 9.14. The van der Waals surface area contributed by atoms with E-state index in [1.54, 1.807) is 6.20 Å². The Morgan fingerprint density at radius 2 is 2.19 bits per heavy atom. The SMILES string of the molecule is Nc1cnc(N(CCO)C2CCCCC2)s1. The first-order valence-electron chi connectivity index (χ1n) is 5.90. The molecule has 0 radical (unpaired) electrons. The molecule has 3 N–H and O–H groups in total. The van der Waals surface area contributed by atoms with E-state index in [1.165, 1.54) is 43.4 Å². The molecular formula is C11H19N3OS. The summed E-state index contributed by atoms with van der Waals surface area (Å²) in [5.41, 5.74) is 5.71. The number of aliphatic hydroxyl groups is 1. The highest BCUT2D eigenvalue weighted by Gasteiger charge is 2.22. The van der Waals surface area contributed by atoms with E-state index in [-0.39, 0.29) is 6.61 Å². The van der Waals surface area contributed by atoms with Crippen LogP contribution in [0.1, 0.15) is 32.1 Å². The van der Waals surface area contributed by atoms with Crippen LogP contribution in [-0.2, 0) is 0 Å². The summed E-state index contributed by atoms with van der Waals surface area (Å²) in [5.74, 6) is 0. The lowest BCUT2D eigenvalue weighted by Gasteiger charge is -2.33. The number of nitrogens with zero attached hydrogens (tertiary/aromatic N) is 2. The van der Waals surface area contributed by atoms with Crippen LogP contribution in [0.15, 0.2) is 6.20 Å². The molecule has 4 nitrogen and oxygen atoms in total. The zero-order chi connectivity index (χ0) is 11.4. The quantitative estimate of drug-likeness (QED) is 0.844. The summed E-state index contributed by atoms with van der Waals surface area (Å²) in [6.45, 7) is 0.841. The first kappa shape index (κ1) is 11.7. The molecule has 0 aliphatic heterocycles. The molecular weight excluding hydrogens is 222 g/mol. The summed E-state index contributed by atoms with van der Waals surface area (Å²) in [6, 6.07) is 0.534. The molecule has 0 unspecified atom stereocenters. The van der Waals surface area contributed by atoms with E-state index in [2.05, 4.69) is 9.88 Å². The molecule has 0 bridgehead atoms. The number of hydrogen-bond acceptors (Lipinski definition) is 5. The van der Waals surface area contributed by atoms with Crippen LogP contribution in [0.3, 0.4) is 0 Å². The summed E-state index contributed by atoms with van der Waals surface area (Å²) in [7, 11) is 0. The predicted octanol–water partition coefficient (Wildman–Crippen LogP) is 1.86. The highest BCUT2D eigenvalue weighted by molar-refractivity contribution is 7.19. The summed E-state index contributed by atoms with van der Waals surface area (Å²) < 4.78 is 0. The van der Waals surface area contributed by atoms with Crippen molar-refractivity contribution in [3.63, 3.8) is 0 Å². The zero-order valence-corrected chi connectivity index (χ0v) is 10.2. The Morgan fingerprint density at radius 3 is 2.75 bits per heavy atom. The molecule has 2 rings (SSSR count). The Bertz CT molecular complexity index is 323. The number of thiazole rings is 1. The van der Waals surface area contributed by atoms with E-state index >= 15 is 0 Å². The van der Waals surface area contributed by atoms with E-state index in [4.69, 9.17) is 10.8 Å². The lowest BCUT2D eigenvalue weighted by molar-refractivity contribution is 0.290. The Hall–Kier alpha value is -0.810. The molecule has 1 aromatic heterocycles. The minimum Gasteiger partial charge on any atom is -0.395 e. The molecule has 0 aromatic carbocycles. The van der Waals surface area contributed by atoms with Gasteiger partial charge in [0.05, 0.1) is 12.8 Å². The third-order valence-corrected chi connectivity index (χ3v) is 3.98. The van der Waals surface area contributed by atoms with Gasteiger partial charge in [-0.05, 0) is 12.8 Å². The summed E-state index contributed by atoms with van der Waals surface area (Å²) in [6.07, 6.45) is 8.02. The van der Waals surface area contributed by atoms with E-state index in [9.17, 15) is 0 Å². The molecule has 0 atom stereocenters. The summed E-state index contributed by atoms with van der Waals surface area (Å²) in [5, 5.41) is 10.8. The van der Waals surface area contributed by atoms with Crippen LogP contribution in [0.5, 0.6) is 0 Å². The van der Waals surface area contributed by atoms with Gasteiger partial charge < -0.3 is 15.7 Å². The average molecular weight is 241 g/mol. The van der Waals surface area contributed by atoms with Crippen molar-refractivity contribution in [3.05, 3.63) is 6.20 Å². The van der Waals surface area contributed by atoms with Gasteiger partial charge in [0.1, 0.15) is 5.00 Å². The van der Waals surface area contributed by atoms with Crippen LogP contribution in [-0.4, -0.2) is 29.3 Å². The number of rotatable bonds is 4. The number of nitrogen functional groups attached to an aromatic ring is 1. The van der Waals surface area contributed by atoms with Crippen LogP contribution in [0, 0.1) is 0 Å². The van der Waals surface area contributed by atoms with Gasteiger partial charge in [-0.15, -0.1) is 0 Å². The monoisotopic (exact) mass is 241 g/mol. The van der Waals surface area contributed by atoms with Gasteiger partial charge in [-0.3, -0.25) is 0 Å². The van der Waals surface area contributed by atoms with Crippen LogP contribution < -0.4 is 10.6 Å². The van der Waals surface area contributed by atoms with Crippen molar-refractivity contribution >= 4 is 21.5 Å². The summed E-state index contributed by atoms with van der Waals surface area (Å²) in [4.78, 5) is 6.54. The van der Waals surface area contributed by atoms with Crippen LogP contribution in [0.4, 0.5) is 10.1 Å². The minimum absolute atomic E-state index is 0.177. The van der Waals surface area contributed by atoms with Crippen molar-refractivity contribution < 1.29 is 5.11 Å². The van der Waals surface area contributed by atoms with E-state index < -0.39 is 0 Å². The van der Waals surface area contributed by atoms with Gasteiger partial charge in [-0.1, -0.05) is 30.6 Å². The van der Waals surface area contributed by atoms with Crippen molar-refractivity contribution in [2.24, 2.45) is 0 Å². The number of nitrogens with two attached hydrogens (primary N) is 1. The average Bonchev–Trinajstić information content (AvgIpc) is 2.74. The smallest absolute Gasteiger partial charge is 0.187 e. The van der Waals surface area contributed by atoms with Gasteiger partial charge in [-0.2, -0.15) is 0 Å². The third-order valence-electron chi connectivity index (χ3n) is 3.11. The number of hydrogen-bond donors (Lipinski definition) is 2. The van der Waals surface area contributed by atoms with Crippen molar-refractivity contribution in [1.82, 2.24) is 4.98 Å². The minimum atomic E-state index is 0.177. The maximum Gasteiger partial charge on any atom is 0.187 e. The van der Waals surface area contributed by atoms with Crippen molar-refractivity contribution in [1.29, 1.82) is 0 Å². The Morgan fingerprint density at radius 1 is 1.44 bits per heavy atom. The first-order valence-corrected chi connectivity index (χ1v) is 6.71. The largest absolute Gasteiger partial charge is 0.395 e. The van der Waals surface area contributed by atoms with Crippen LogP contribution >= 0.6 is 11.3 Å². The highest BCUT2D eigenvalue weighted by Crippen LogP contribution is 2.30. The molecule has 1 aromatic rings. The fourth-order valence-electron chi connectivity index (χ4n) is 2.34.